The molecule has 6 heteroatoms. The van der Waals surface area contributed by atoms with Crippen molar-refractivity contribution in [2.45, 2.75) is 284 Å². The summed E-state index contributed by atoms with van der Waals surface area (Å²) in [6, 6.07) is 0. The van der Waals surface area contributed by atoms with Crippen molar-refractivity contribution in [3.05, 3.63) is 122 Å². The third-order valence-electron chi connectivity index (χ3n) is 13.0. The summed E-state index contributed by atoms with van der Waals surface area (Å²) < 4.78 is 16.9. The Bertz CT molecular complexity index is 1570. The third-order valence-corrected chi connectivity index (χ3v) is 13.0. The molecule has 6 nitrogen and oxygen atoms in total. The van der Waals surface area contributed by atoms with Gasteiger partial charge in [-0.05, 0) is 116 Å². The highest BCUT2D eigenvalue weighted by Gasteiger charge is 2.19. The van der Waals surface area contributed by atoms with Crippen molar-refractivity contribution in [2.24, 2.45) is 0 Å². The minimum absolute atomic E-state index is 0.0979. The largest absolute Gasteiger partial charge is 0.462 e. The maximum absolute atomic E-state index is 12.9. The number of unbranched alkanes of at least 4 members (excludes halogenated alkanes) is 24. The Morgan fingerprint density at radius 1 is 0.280 bits per heavy atom. The van der Waals surface area contributed by atoms with Gasteiger partial charge in [-0.25, -0.2) is 0 Å². The second-order valence-corrected chi connectivity index (χ2v) is 20.2. The molecule has 1 atom stereocenters. The minimum Gasteiger partial charge on any atom is -0.462 e. The third kappa shape index (κ3) is 60.6. The summed E-state index contributed by atoms with van der Waals surface area (Å²) in [6.45, 7) is 6.47. The maximum atomic E-state index is 12.9. The first-order valence-corrected chi connectivity index (χ1v) is 31.0. The molecule has 0 saturated carbocycles. The van der Waals surface area contributed by atoms with Crippen molar-refractivity contribution in [2.75, 3.05) is 13.2 Å². The summed E-state index contributed by atoms with van der Waals surface area (Å²) in [5.74, 6) is -0.954. The monoisotopic (exact) mass is 1040 g/mol. The molecule has 0 spiro atoms. The average molecular weight is 1040 g/mol. The van der Waals surface area contributed by atoms with Crippen molar-refractivity contribution in [1.82, 2.24) is 0 Å². The smallest absolute Gasteiger partial charge is 0.306 e. The first-order valence-electron chi connectivity index (χ1n) is 31.0. The molecule has 0 aromatic rings. The van der Waals surface area contributed by atoms with E-state index in [1.807, 2.05) is 0 Å². The predicted molar refractivity (Wildman–Crippen MR) is 325 cm³/mol. The van der Waals surface area contributed by atoms with Crippen LogP contribution < -0.4 is 0 Å². The van der Waals surface area contributed by atoms with Gasteiger partial charge in [-0.1, -0.05) is 264 Å². The molecule has 1 unspecified atom stereocenters. The van der Waals surface area contributed by atoms with Gasteiger partial charge in [0, 0.05) is 19.3 Å². The number of hydrogen-bond donors (Lipinski definition) is 0. The molecule has 0 aliphatic rings. The van der Waals surface area contributed by atoms with Crippen LogP contribution in [0.3, 0.4) is 0 Å². The van der Waals surface area contributed by atoms with E-state index < -0.39 is 6.10 Å². The molecule has 0 aliphatic heterocycles. The van der Waals surface area contributed by atoms with Crippen LogP contribution in [0.15, 0.2) is 122 Å². The average Bonchev–Trinajstić information content (AvgIpc) is 3.41. The first-order chi connectivity index (χ1) is 37.0. The van der Waals surface area contributed by atoms with E-state index in [1.54, 1.807) is 0 Å². The van der Waals surface area contributed by atoms with Gasteiger partial charge in [0.25, 0.3) is 0 Å². The molecule has 0 aliphatic carbocycles. The molecule has 0 N–H and O–H groups in total. The van der Waals surface area contributed by atoms with Crippen molar-refractivity contribution in [3.8, 4) is 0 Å². The van der Waals surface area contributed by atoms with E-state index in [0.29, 0.717) is 25.7 Å². The molecule has 75 heavy (non-hydrogen) atoms. The zero-order valence-corrected chi connectivity index (χ0v) is 48.8. The zero-order valence-electron chi connectivity index (χ0n) is 48.8. The summed E-state index contributed by atoms with van der Waals surface area (Å²) in [6.07, 6.45) is 86.2. The summed E-state index contributed by atoms with van der Waals surface area (Å²) >= 11 is 0. The summed E-state index contributed by atoms with van der Waals surface area (Å²) in [4.78, 5) is 38.2. The molecule has 0 fully saturated rings. The van der Waals surface area contributed by atoms with Gasteiger partial charge in [-0.2, -0.15) is 0 Å². The Morgan fingerprint density at radius 2 is 0.520 bits per heavy atom. The van der Waals surface area contributed by atoms with Crippen molar-refractivity contribution >= 4 is 17.9 Å². The molecule has 0 rings (SSSR count). The molecule has 0 heterocycles. The summed E-state index contributed by atoms with van der Waals surface area (Å²) in [5, 5.41) is 0. The number of esters is 3. The van der Waals surface area contributed by atoms with Gasteiger partial charge in [-0.3, -0.25) is 14.4 Å². The standard InChI is InChI=1S/C69H114O6/c1-4-7-10-13-16-19-22-25-28-30-31-32-33-34-35-36-37-38-39-40-42-44-47-50-53-56-59-62-68(71)74-65-66(64-73-67(70)61-58-55-52-49-46-43-27-24-21-18-15-12-9-6-3)75-69(72)63-60-57-54-51-48-45-41-29-26-23-20-17-14-11-8-5-2/h7,10,16,19-20,23,25,28-29,31-32,34-35,37-38,40-42,47,50,66H,4-6,8-9,11-15,17-18,21-22,24,26-27,30,33,36,39,43-46,48-49,51-65H2,1-3H3/b10-7-,19-16-,23-20-,28-25-,32-31-,35-34-,38-37-,41-29-,42-40-,50-47-. The van der Waals surface area contributed by atoms with E-state index in [9.17, 15) is 14.4 Å². The Hall–Kier alpha value is -4.19. The van der Waals surface area contributed by atoms with E-state index in [4.69, 9.17) is 14.2 Å². The van der Waals surface area contributed by atoms with E-state index in [2.05, 4.69) is 142 Å². The van der Waals surface area contributed by atoms with Crippen LogP contribution in [0.25, 0.3) is 0 Å². The molecule has 0 radical (unpaired) electrons. The summed E-state index contributed by atoms with van der Waals surface area (Å²) in [5.41, 5.74) is 0. The molecule has 0 amide bonds. The van der Waals surface area contributed by atoms with Crippen molar-refractivity contribution in [1.29, 1.82) is 0 Å². The van der Waals surface area contributed by atoms with Gasteiger partial charge in [0.1, 0.15) is 13.2 Å². The SMILES string of the molecule is CC/C=C\C/C=C\C/C=C\C/C=C\C/C=C\C/C=C\C/C=C\C/C=C\CCCCC(=O)OCC(COC(=O)CCCCCCCCCCCCCCCC)OC(=O)CCCCCCC/C=C\C/C=C\CCCCCC. The van der Waals surface area contributed by atoms with E-state index in [1.165, 1.54) is 103 Å². The van der Waals surface area contributed by atoms with Gasteiger partial charge < -0.3 is 14.2 Å². The van der Waals surface area contributed by atoms with Crippen LogP contribution >= 0.6 is 0 Å². The highest BCUT2D eigenvalue weighted by Crippen LogP contribution is 2.15. The number of carbonyl (C=O) groups excluding carboxylic acids is 3. The van der Waals surface area contributed by atoms with Gasteiger partial charge in [0.2, 0.25) is 0 Å². The van der Waals surface area contributed by atoms with Crippen LogP contribution in [-0.2, 0) is 28.6 Å². The lowest BCUT2D eigenvalue weighted by atomic mass is 10.0. The van der Waals surface area contributed by atoms with Gasteiger partial charge in [0.05, 0.1) is 0 Å². The fourth-order valence-corrected chi connectivity index (χ4v) is 8.31. The van der Waals surface area contributed by atoms with E-state index in [-0.39, 0.29) is 31.1 Å². The van der Waals surface area contributed by atoms with Gasteiger partial charge in [-0.15, -0.1) is 0 Å². The quantitative estimate of drug-likeness (QED) is 0.0261. The summed E-state index contributed by atoms with van der Waals surface area (Å²) in [7, 11) is 0. The Balaban J connectivity index is 4.45. The highest BCUT2D eigenvalue weighted by molar-refractivity contribution is 5.71. The van der Waals surface area contributed by atoms with Gasteiger partial charge >= 0.3 is 17.9 Å². The van der Waals surface area contributed by atoms with E-state index >= 15 is 0 Å². The number of allylic oxidation sites excluding steroid dienone is 20. The molecule has 0 aromatic carbocycles. The topological polar surface area (TPSA) is 78.9 Å². The number of rotatable bonds is 55. The molecule has 0 saturated heterocycles. The molecular weight excluding hydrogens is 925 g/mol. The van der Waals surface area contributed by atoms with Crippen LogP contribution in [0.1, 0.15) is 278 Å². The zero-order chi connectivity index (χ0) is 54.3. The van der Waals surface area contributed by atoms with Gasteiger partial charge in [0.15, 0.2) is 6.10 Å². The maximum Gasteiger partial charge on any atom is 0.306 e. The lowest BCUT2D eigenvalue weighted by molar-refractivity contribution is -0.167. The van der Waals surface area contributed by atoms with Crippen molar-refractivity contribution < 1.29 is 28.6 Å². The Labute approximate surface area is 462 Å². The fourth-order valence-electron chi connectivity index (χ4n) is 8.31. The molecule has 0 bridgehead atoms. The predicted octanol–water partition coefficient (Wildman–Crippen LogP) is 21.2. The first kappa shape index (κ1) is 70.8. The number of hydrogen-bond acceptors (Lipinski definition) is 6. The second-order valence-electron chi connectivity index (χ2n) is 20.2. The van der Waals surface area contributed by atoms with Crippen LogP contribution in [0.5, 0.6) is 0 Å². The highest BCUT2D eigenvalue weighted by atomic mass is 16.6. The van der Waals surface area contributed by atoms with Crippen LogP contribution in [0.2, 0.25) is 0 Å². The lowest BCUT2D eigenvalue weighted by Gasteiger charge is -2.18. The number of ether oxygens (including phenoxy) is 3. The van der Waals surface area contributed by atoms with Crippen LogP contribution in [0.4, 0.5) is 0 Å². The second kappa shape index (κ2) is 62.4. The molecule has 426 valence electrons. The fraction of sp³-hybridized carbons (Fsp3) is 0.667. The Kier molecular flexibility index (Phi) is 58.9. The van der Waals surface area contributed by atoms with Crippen LogP contribution in [0, 0.1) is 0 Å². The normalized spacial score (nSPS) is 12.9. The molecule has 0 aromatic heterocycles. The molecular formula is C69H114O6. The van der Waals surface area contributed by atoms with Crippen LogP contribution in [-0.4, -0.2) is 37.2 Å². The lowest BCUT2D eigenvalue weighted by Crippen LogP contribution is -2.30. The van der Waals surface area contributed by atoms with Crippen molar-refractivity contribution in [3.63, 3.8) is 0 Å². The Morgan fingerprint density at radius 3 is 0.853 bits per heavy atom. The van der Waals surface area contributed by atoms with E-state index in [0.717, 1.165) is 128 Å². The minimum atomic E-state index is -0.806. The number of carbonyl (C=O) groups is 3.